The third kappa shape index (κ3) is 2.82. The number of nitrogens with two attached hydrogens (primary N) is 1. The lowest BCUT2D eigenvalue weighted by Gasteiger charge is -2.03. The maximum Gasteiger partial charge on any atom is 0.0645 e. The third-order valence-corrected chi connectivity index (χ3v) is 2.74. The van der Waals surface area contributed by atoms with Gasteiger partial charge in [0.05, 0.1) is 11.9 Å². The Hall–Kier alpha value is -1.87. The van der Waals surface area contributed by atoms with E-state index in [-0.39, 0.29) is 6.04 Å². The predicted octanol–water partition coefficient (Wildman–Crippen LogP) is 2.62. The van der Waals surface area contributed by atoms with Crippen molar-refractivity contribution in [3.63, 3.8) is 0 Å². The van der Waals surface area contributed by atoms with Gasteiger partial charge in [-0.2, -0.15) is 5.10 Å². The second-order valence-electron chi connectivity index (χ2n) is 4.23. The Kier molecular flexibility index (Phi) is 3.40. The first-order valence-corrected chi connectivity index (χ1v) is 5.70. The van der Waals surface area contributed by atoms with E-state index in [1.165, 1.54) is 0 Å². The molecule has 0 radical (unpaired) electrons. The van der Waals surface area contributed by atoms with E-state index in [9.17, 15) is 0 Å². The molecule has 3 heteroatoms. The molecule has 0 aliphatic carbocycles. The molecule has 2 rings (SSSR count). The van der Waals surface area contributed by atoms with E-state index in [4.69, 9.17) is 5.73 Å². The van der Waals surface area contributed by atoms with Gasteiger partial charge in [0.25, 0.3) is 0 Å². The molecule has 17 heavy (non-hydrogen) atoms. The fraction of sp³-hybridized carbons (Fsp3) is 0.214. The standard InChI is InChI=1S/C14H17N3/c1-11(12(2)15)8-13-9-16-17(10-13)14-6-4-3-5-7-14/h3-10,12H,15H2,1-2H3/b11-8+. The number of para-hydroxylation sites is 1. The normalized spacial score (nSPS) is 13.7. The maximum absolute atomic E-state index is 5.81. The van der Waals surface area contributed by atoms with Gasteiger partial charge >= 0.3 is 0 Å². The maximum atomic E-state index is 5.81. The monoisotopic (exact) mass is 227 g/mol. The van der Waals surface area contributed by atoms with Gasteiger partial charge in [-0.3, -0.25) is 0 Å². The summed E-state index contributed by atoms with van der Waals surface area (Å²) in [5.41, 5.74) is 9.09. The molecular weight excluding hydrogens is 210 g/mol. The number of rotatable bonds is 3. The minimum atomic E-state index is 0.0788. The first-order valence-electron chi connectivity index (χ1n) is 5.70. The fourth-order valence-corrected chi connectivity index (χ4v) is 1.53. The second kappa shape index (κ2) is 4.97. The van der Waals surface area contributed by atoms with Gasteiger partial charge in [-0.1, -0.05) is 29.8 Å². The van der Waals surface area contributed by atoms with Crippen LogP contribution in [0.15, 0.2) is 48.3 Å². The summed E-state index contributed by atoms with van der Waals surface area (Å²) in [6.45, 7) is 4.01. The van der Waals surface area contributed by atoms with Crippen molar-refractivity contribution in [2.45, 2.75) is 19.9 Å². The molecule has 3 nitrogen and oxygen atoms in total. The van der Waals surface area contributed by atoms with Gasteiger partial charge in [0.2, 0.25) is 0 Å². The molecule has 0 bridgehead atoms. The number of benzene rings is 1. The van der Waals surface area contributed by atoms with Crippen LogP contribution in [0.3, 0.4) is 0 Å². The molecular formula is C14H17N3. The Morgan fingerprint density at radius 2 is 2.06 bits per heavy atom. The number of nitrogens with zero attached hydrogens (tertiary/aromatic N) is 2. The summed E-state index contributed by atoms with van der Waals surface area (Å²) in [7, 11) is 0. The van der Waals surface area contributed by atoms with Gasteiger partial charge < -0.3 is 5.73 Å². The lowest BCUT2D eigenvalue weighted by Crippen LogP contribution is -2.15. The highest BCUT2D eigenvalue weighted by Crippen LogP contribution is 2.11. The molecule has 1 heterocycles. The van der Waals surface area contributed by atoms with E-state index in [1.807, 2.05) is 61.3 Å². The molecule has 0 spiro atoms. The van der Waals surface area contributed by atoms with Crippen LogP contribution in [0.2, 0.25) is 0 Å². The van der Waals surface area contributed by atoms with Crippen molar-refractivity contribution in [3.05, 3.63) is 53.9 Å². The Labute approximate surface area is 102 Å². The summed E-state index contributed by atoms with van der Waals surface area (Å²) < 4.78 is 1.86. The van der Waals surface area contributed by atoms with Crippen molar-refractivity contribution in [3.8, 4) is 5.69 Å². The van der Waals surface area contributed by atoms with Crippen molar-refractivity contribution in [2.24, 2.45) is 5.73 Å². The largest absolute Gasteiger partial charge is 0.324 e. The van der Waals surface area contributed by atoms with Crippen LogP contribution in [0, 0.1) is 0 Å². The topological polar surface area (TPSA) is 43.8 Å². The van der Waals surface area contributed by atoms with Crippen LogP contribution < -0.4 is 5.73 Å². The summed E-state index contributed by atoms with van der Waals surface area (Å²) >= 11 is 0. The molecule has 0 saturated heterocycles. The smallest absolute Gasteiger partial charge is 0.0645 e. The molecule has 1 unspecified atom stereocenters. The number of hydrogen-bond donors (Lipinski definition) is 1. The highest BCUT2D eigenvalue weighted by Gasteiger charge is 2.00. The lowest BCUT2D eigenvalue weighted by atomic mass is 10.1. The highest BCUT2D eigenvalue weighted by molar-refractivity contribution is 5.52. The van der Waals surface area contributed by atoms with Crippen LogP contribution in [0.25, 0.3) is 11.8 Å². The van der Waals surface area contributed by atoms with E-state index < -0.39 is 0 Å². The molecule has 0 aliphatic heterocycles. The van der Waals surface area contributed by atoms with Gasteiger partial charge in [-0.05, 0) is 26.0 Å². The summed E-state index contributed by atoms with van der Waals surface area (Å²) in [5.74, 6) is 0. The van der Waals surface area contributed by atoms with Crippen molar-refractivity contribution in [2.75, 3.05) is 0 Å². The van der Waals surface area contributed by atoms with Crippen molar-refractivity contribution in [1.82, 2.24) is 9.78 Å². The average molecular weight is 227 g/mol. The van der Waals surface area contributed by atoms with Crippen molar-refractivity contribution >= 4 is 6.08 Å². The zero-order valence-electron chi connectivity index (χ0n) is 10.2. The minimum Gasteiger partial charge on any atom is -0.324 e. The first kappa shape index (κ1) is 11.6. The molecule has 88 valence electrons. The molecule has 2 N–H and O–H groups in total. The van der Waals surface area contributed by atoms with Gasteiger partial charge in [-0.25, -0.2) is 4.68 Å². The van der Waals surface area contributed by atoms with Crippen molar-refractivity contribution < 1.29 is 0 Å². The molecule has 2 aromatic rings. The summed E-state index contributed by atoms with van der Waals surface area (Å²) in [6.07, 6.45) is 5.91. The lowest BCUT2D eigenvalue weighted by molar-refractivity contribution is 0.868. The third-order valence-electron chi connectivity index (χ3n) is 2.74. The Morgan fingerprint density at radius 3 is 2.71 bits per heavy atom. The van der Waals surface area contributed by atoms with Gasteiger partial charge in [-0.15, -0.1) is 0 Å². The minimum absolute atomic E-state index is 0.0788. The second-order valence-corrected chi connectivity index (χ2v) is 4.23. The fourth-order valence-electron chi connectivity index (χ4n) is 1.53. The SMILES string of the molecule is C/C(=C\c1cnn(-c2ccccc2)c1)C(C)N. The van der Waals surface area contributed by atoms with Gasteiger partial charge in [0.15, 0.2) is 0 Å². The summed E-state index contributed by atoms with van der Waals surface area (Å²) in [4.78, 5) is 0. The van der Waals surface area contributed by atoms with E-state index >= 15 is 0 Å². The zero-order valence-corrected chi connectivity index (χ0v) is 10.2. The van der Waals surface area contributed by atoms with E-state index in [0.29, 0.717) is 0 Å². The highest BCUT2D eigenvalue weighted by atomic mass is 15.3. The molecule has 0 aliphatic rings. The molecule has 1 aromatic carbocycles. The Morgan fingerprint density at radius 1 is 1.35 bits per heavy atom. The average Bonchev–Trinajstić information content (AvgIpc) is 2.78. The van der Waals surface area contributed by atoms with Crippen LogP contribution in [0.1, 0.15) is 19.4 Å². The van der Waals surface area contributed by atoms with Crippen LogP contribution in [-0.4, -0.2) is 15.8 Å². The van der Waals surface area contributed by atoms with E-state index in [1.54, 1.807) is 0 Å². The van der Waals surface area contributed by atoms with Crippen LogP contribution in [0.5, 0.6) is 0 Å². The van der Waals surface area contributed by atoms with E-state index in [2.05, 4.69) is 11.2 Å². The van der Waals surface area contributed by atoms with Gasteiger partial charge in [0.1, 0.15) is 0 Å². The quantitative estimate of drug-likeness (QED) is 0.876. The molecule has 0 fully saturated rings. The van der Waals surface area contributed by atoms with E-state index in [0.717, 1.165) is 16.8 Å². The number of hydrogen-bond acceptors (Lipinski definition) is 2. The Bertz CT molecular complexity index is 509. The Balaban J connectivity index is 2.26. The van der Waals surface area contributed by atoms with Crippen LogP contribution in [-0.2, 0) is 0 Å². The molecule has 1 atom stereocenters. The molecule has 1 aromatic heterocycles. The summed E-state index contributed by atoms with van der Waals surface area (Å²) in [5, 5.41) is 4.33. The van der Waals surface area contributed by atoms with Crippen LogP contribution in [0.4, 0.5) is 0 Å². The zero-order chi connectivity index (χ0) is 12.3. The van der Waals surface area contributed by atoms with Crippen LogP contribution >= 0.6 is 0 Å². The summed E-state index contributed by atoms with van der Waals surface area (Å²) in [6, 6.07) is 10.1. The van der Waals surface area contributed by atoms with Crippen molar-refractivity contribution in [1.29, 1.82) is 0 Å². The molecule has 0 saturated carbocycles. The number of aromatic nitrogens is 2. The first-order chi connectivity index (χ1) is 8.16. The predicted molar refractivity (Wildman–Crippen MR) is 70.9 cm³/mol. The molecule has 0 amide bonds. The van der Waals surface area contributed by atoms with Gasteiger partial charge in [0, 0.05) is 17.8 Å².